The zero-order valence-electron chi connectivity index (χ0n) is 20.4. The molecule has 7 nitrogen and oxygen atoms in total. The average Bonchev–Trinajstić information content (AvgIpc) is 3.10. The van der Waals surface area contributed by atoms with Crippen LogP contribution in [0, 0.1) is 13.8 Å². The van der Waals surface area contributed by atoms with Crippen molar-refractivity contribution in [2.45, 2.75) is 71.2 Å². The highest BCUT2D eigenvalue weighted by atomic mass is 16.5. The van der Waals surface area contributed by atoms with Crippen molar-refractivity contribution in [3.63, 3.8) is 0 Å². The molecule has 2 N–H and O–H groups in total. The Bertz CT molecular complexity index is 828. The van der Waals surface area contributed by atoms with Crippen molar-refractivity contribution in [1.82, 2.24) is 20.0 Å². The van der Waals surface area contributed by atoms with E-state index in [1.807, 2.05) is 19.1 Å². The largest absolute Gasteiger partial charge is 0.493 e. The molecule has 0 unspecified atom stereocenters. The number of methoxy groups -OCH3 is 1. The van der Waals surface area contributed by atoms with Gasteiger partial charge in [0.2, 0.25) is 0 Å². The number of likely N-dealkylation sites (N-methyl/N-ethyl adjacent to an activating group) is 1. The summed E-state index contributed by atoms with van der Waals surface area (Å²) in [7, 11) is 5.86. The van der Waals surface area contributed by atoms with Gasteiger partial charge in [0.05, 0.1) is 12.8 Å². The summed E-state index contributed by atoms with van der Waals surface area (Å²) in [5.74, 6) is 1.36. The number of aromatic nitrogens is 2. The second-order valence-electron chi connectivity index (χ2n) is 9.27. The molecule has 2 aromatic rings. The Balaban J connectivity index is 1.52. The number of benzene rings is 1. The minimum absolute atomic E-state index is 0.256. The van der Waals surface area contributed by atoms with E-state index >= 15 is 0 Å². The Morgan fingerprint density at radius 2 is 1.88 bits per heavy atom. The lowest BCUT2D eigenvalue weighted by Gasteiger charge is -2.32. The normalized spacial score (nSPS) is 16.0. The number of hydrogen-bond donors (Lipinski definition) is 2. The predicted octanol–water partition coefficient (Wildman–Crippen LogP) is 3.67. The van der Waals surface area contributed by atoms with E-state index in [-0.39, 0.29) is 6.61 Å². The number of aliphatic hydroxyl groups is 1. The Kier molecular flexibility index (Phi) is 8.96. The second-order valence-corrected chi connectivity index (χ2v) is 9.27. The van der Waals surface area contributed by atoms with Crippen LogP contribution in [0.3, 0.4) is 0 Å². The van der Waals surface area contributed by atoms with E-state index in [0.717, 1.165) is 30.0 Å². The van der Waals surface area contributed by atoms with Gasteiger partial charge in [-0.1, -0.05) is 25.3 Å². The highest BCUT2D eigenvalue weighted by Gasteiger charge is 2.20. The fourth-order valence-corrected chi connectivity index (χ4v) is 4.62. The van der Waals surface area contributed by atoms with Gasteiger partial charge in [-0.05, 0) is 58.5 Å². The maximum atomic E-state index is 10.5. The van der Waals surface area contributed by atoms with Crippen molar-refractivity contribution < 1.29 is 14.6 Å². The van der Waals surface area contributed by atoms with E-state index in [4.69, 9.17) is 9.47 Å². The van der Waals surface area contributed by atoms with E-state index in [0.29, 0.717) is 24.1 Å². The summed E-state index contributed by atoms with van der Waals surface area (Å²) in [6, 6.07) is 6.60. The monoisotopic (exact) mass is 444 g/mol. The number of H-pyrrole nitrogens is 1. The highest BCUT2D eigenvalue weighted by Crippen LogP contribution is 2.29. The van der Waals surface area contributed by atoms with Crippen LogP contribution in [0.1, 0.15) is 54.6 Å². The quantitative estimate of drug-likeness (QED) is 0.551. The maximum absolute atomic E-state index is 10.5. The minimum Gasteiger partial charge on any atom is -0.493 e. The third-order valence-electron chi connectivity index (χ3n) is 6.52. The van der Waals surface area contributed by atoms with Crippen LogP contribution in [0.25, 0.3) is 0 Å². The van der Waals surface area contributed by atoms with E-state index in [1.54, 1.807) is 7.11 Å². The topological polar surface area (TPSA) is 73.8 Å². The van der Waals surface area contributed by atoms with Crippen molar-refractivity contribution in [3.8, 4) is 11.5 Å². The van der Waals surface area contributed by atoms with Crippen LogP contribution in [0.4, 0.5) is 0 Å². The van der Waals surface area contributed by atoms with Crippen LogP contribution in [-0.4, -0.2) is 71.6 Å². The third kappa shape index (κ3) is 6.70. The Morgan fingerprint density at radius 1 is 1.12 bits per heavy atom. The highest BCUT2D eigenvalue weighted by molar-refractivity contribution is 5.43. The lowest BCUT2D eigenvalue weighted by Crippen LogP contribution is -2.40. The molecular weight excluding hydrogens is 404 g/mol. The van der Waals surface area contributed by atoms with E-state index in [2.05, 4.69) is 47.1 Å². The molecule has 0 aliphatic heterocycles. The van der Waals surface area contributed by atoms with Gasteiger partial charge in [0.25, 0.3) is 0 Å². The molecule has 1 fully saturated rings. The number of aryl methyl sites for hydroxylation is 2. The number of nitrogens with one attached hydrogen (secondary N) is 1. The molecule has 0 saturated heterocycles. The van der Waals surface area contributed by atoms with Gasteiger partial charge >= 0.3 is 0 Å². The minimum atomic E-state index is -0.529. The molecule has 1 heterocycles. The molecule has 0 bridgehead atoms. The zero-order chi connectivity index (χ0) is 23.1. The summed E-state index contributed by atoms with van der Waals surface area (Å²) >= 11 is 0. The summed E-state index contributed by atoms with van der Waals surface area (Å²) in [6.07, 6.45) is 5.85. The van der Waals surface area contributed by atoms with Gasteiger partial charge < -0.3 is 19.5 Å². The standard InChI is InChI=1S/C25H40N4O3/c1-18-23(19(2)27-26-18)16-28(3)14-20-11-12-24(25(13-20)31-5)32-17-22(30)15-29(4)21-9-7-6-8-10-21/h11-13,21-22,30H,6-10,14-17H2,1-5H3,(H,26,27)/t22-/m1/s1. The molecule has 178 valence electrons. The summed E-state index contributed by atoms with van der Waals surface area (Å²) in [5.41, 5.74) is 4.55. The smallest absolute Gasteiger partial charge is 0.161 e. The van der Waals surface area contributed by atoms with Crippen molar-refractivity contribution in [2.24, 2.45) is 0 Å². The van der Waals surface area contributed by atoms with Crippen LogP contribution in [0.5, 0.6) is 11.5 Å². The van der Waals surface area contributed by atoms with Crippen molar-refractivity contribution in [2.75, 3.05) is 34.4 Å². The molecule has 1 aromatic carbocycles. The van der Waals surface area contributed by atoms with Crippen molar-refractivity contribution >= 4 is 0 Å². The predicted molar refractivity (Wildman–Crippen MR) is 127 cm³/mol. The number of ether oxygens (including phenoxy) is 2. The van der Waals surface area contributed by atoms with Gasteiger partial charge in [-0.2, -0.15) is 5.10 Å². The Morgan fingerprint density at radius 3 is 2.53 bits per heavy atom. The molecule has 0 spiro atoms. The third-order valence-corrected chi connectivity index (χ3v) is 6.52. The first-order valence-corrected chi connectivity index (χ1v) is 11.7. The summed E-state index contributed by atoms with van der Waals surface area (Å²) < 4.78 is 11.5. The molecule has 1 aliphatic carbocycles. The van der Waals surface area contributed by atoms with Crippen LogP contribution in [-0.2, 0) is 13.1 Å². The van der Waals surface area contributed by atoms with Gasteiger partial charge in [0.1, 0.15) is 12.7 Å². The van der Waals surface area contributed by atoms with Gasteiger partial charge in [0, 0.05) is 36.9 Å². The fraction of sp³-hybridized carbons (Fsp3) is 0.640. The molecule has 1 saturated carbocycles. The van der Waals surface area contributed by atoms with Crippen molar-refractivity contribution in [3.05, 3.63) is 40.7 Å². The molecule has 1 aliphatic rings. The number of aliphatic hydroxyl groups excluding tert-OH is 1. The van der Waals surface area contributed by atoms with Crippen LogP contribution < -0.4 is 9.47 Å². The molecular formula is C25H40N4O3. The summed E-state index contributed by atoms with van der Waals surface area (Å²) in [5, 5.41) is 17.8. The van der Waals surface area contributed by atoms with Gasteiger partial charge in [-0.15, -0.1) is 0 Å². The maximum Gasteiger partial charge on any atom is 0.161 e. The summed E-state index contributed by atoms with van der Waals surface area (Å²) in [6.45, 7) is 6.59. The second kappa shape index (κ2) is 11.7. The van der Waals surface area contributed by atoms with Gasteiger partial charge in [-0.3, -0.25) is 10.00 Å². The van der Waals surface area contributed by atoms with Gasteiger partial charge in [-0.25, -0.2) is 0 Å². The van der Waals surface area contributed by atoms with E-state index < -0.39 is 6.10 Å². The van der Waals surface area contributed by atoms with Gasteiger partial charge in [0.15, 0.2) is 11.5 Å². The van der Waals surface area contributed by atoms with E-state index in [9.17, 15) is 5.11 Å². The summed E-state index contributed by atoms with van der Waals surface area (Å²) in [4.78, 5) is 4.54. The number of aromatic amines is 1. The first kappa shape index (κ1) is 24.6. The molecule has 32 heavy (non-hydrogen) atoms. The number of rotatable bonds is 11. The van der Waals surface area contributed by atoms with Crippen LogP contribution in [0.15, 0.2) is 18.2 Å². The Labute approximate surface area is 192 Å². The SMILES string of the molecule is COc1cc(CN(C)Cc2c(C)n[nH]c2C)ccc1OC[C@H](O)CN(C)C1CCCCC1. The van der Waals surface area contributed by atoms with Crippen LogP contribution in [0.2, 0.25) is 0 Å². The Hall–Kier alpha value is -2.09. The number of hydrogen-bond acceptors (Lipinski definition) is 6. The first-order valence-electron chi connectivity index (χ1n) is 11.7. The molecule has 0 amide bonds. The fourth-order valence-electron chi connectivity index (χ4n) is 4.62. The molecule has 3 rings (SSSR count). The number of nitrogens with zero attached hydrogens (tertiary/aromatic N) is 3. The lowest BCUT2D eigenvalue weighted by molar-refractivity contribution is 0.0553. The van der Waals surface area contributed by atoms with Crippen molar-refractivity contribution in [1.29, 1.82) is 0 Å². The molecule has 1 aromatic heterocycles. The molecule has 0 radical (unpaired) electrons. The van der Waals surface area contributed by atoms with Crippen LogP contribution >= 0.6 is 0 Å². The molecule has 1 atom stereocenters. The lowest BCUT2D eigenvalue weighted by atomic mass is 9.94. The zero-order valence-corrected chi connectivity index (χ0v) is 20.4. The average molecular weight is 445 g/mol. The van der Waals surface area contributed by atoms with E-state index in [1.165, 1.54) is 37.7 Å². The first-order chi connectivity index (χ1) is 15.4. The molecule has 7 heteroatoms.